The minimum Gasteiger partial charge on any atom is -0.292 e. The molecule has 0 radical (unpaired) electrons. The van der Waals surface area contributed by atoms with Crippen molar-refractivity contribution >= 4 is 44.3 Å². The van der Waals surface area contributed by atoms with E-state index in [-0.39, 0.29) is 0 Å². The topological polar surface area (TPSA) is 48.5 Å². The third-order valence-electron chi connectivity index (χ3n) is 8.34. The fourth-order valence-electron chi connectivity index (χ4n) is 6.36. The number of para-hydroxylation sites is 2. The van der Waals surface area contributed by atoms with Gasteiger partial charge in [0.2, 0.25) is 0 Å². The summed E-state index contributed by atoms with van der Waals surface area (Å²) in [6, 6.07) is 50.7. The van der Waals surface area contributed by atoms with Crippen LogP contribution in [0.25, 0.3) is 77.9 Å². The van der Waals surface area contributed by atoms with Crippen LogP contribution in [0.15, 0.2) is 152 Å². The van der Waals surface area contributed by atoms with Gasteiger partial charge in [-0.05, 0) is 70.8 Å². The van der Waals surface area contributed by atoms with Gasteiger partial charge in [-0.25, -0.2) is 9.97 Å². The molecule has 0 aliphatic heterocycles. The van der Waals surface area contributed by atoms with Gasteiger partial charge in [-0.3, -0.25) is 14.1 Å². The maximum atomic E-state index is 5.43. The molecule has 0 unspecified atom stereocenters. The summed E-state index contributed by atoms with van der Waals surface area (Å²) >= 11 is 0. The van der Waals surface area contributed by atoms with Crippen LogP contribution in [0.1, 0.15) is 0 Å². The van der Waals surface area contributed by atoms with E-state index in [4.69, 9.17) is 15.0 Å². The lowest BCUT2D eigenvalue weighted by Crippen LogP contribution is -2.00. The summed E-state index contributed by atoms with van der Waals surface area (Å²) in [4.78, 5) is 15.6. The molecule has 0 saturated carbocycles. The highest BCUT2D eigenvalue weighted by molar-refractivity contribution is 6.11. The molecule has 0 aliphatic carbocycles. The summed E-state index contributed by atoms with van der Waals surface area (Å²) in [6.07, 6.45) is 1.83. The maximum Gasteiger partial charge on any atom is 0.168 e. The summed E-state index contributed by atoms with van der Waals surface area (Å²) in [5.41, 5.74) is 12.7. The monoisotopic (exact) mass is 563 g/mol. The Kier molecular flexibility index (Phi) is 5.43. The van der Waals surface area contributed by atoms with Gasteiger partial charge >= 0.3 is 0 Å². The first-order valence-corrected chi connectivity index (χ1v) is 14.7. The van der Waals surface area contributed by atoms with Crippen molar-refractivity contribution in [3.8, 4) is 33.6 Å². The van der Waals surface area contributed by atoms with Crippen LogP contribution in [0.5, 0.6) is 0 Å². The van der Waals surface area contributed by atoms with E-state index in [0.29, 0.717) is 0 Å². The summed E-state index contributed by atoms with van der Waals surface area (Å²) in [6.45, 7) is 0. The van der Waals surface area contributed by atoms with Gasteiger partial charge in [0.25, 0.3) is 0 Å². The number of rotatable bonds is 4. The first-order chi connectivity index (χ1) is 21.8. The molecule has 0 amide bonds. The van der Waals surface area contributed by atoms with E-state index in [0.717, 1.165) is 77.9 Å². The Bertz CT molecular complexity index is 2420. The average molecular weight is 564 g/mol. The number of hydrogen-bond acceptors (Lipinski definition) is 3. The number of benzene rings is 5. The molecule has 0 bridgehead atoms. The van der Waals surface area contributed by atoms with Crippen molar-refractivity contribution in [2.45, 2.75) is 0 Å². The zero-order chi connectivity index (χ0) is 29.0. The van der Waals surface area contributed by atoms with E-state index in [2.05, 4.69) is 143 Å². The molecule has 0 fully saturated rings. The summed E-state index contributed by atoms with van der Waals surface area (Å²) in [7, 11) is 0. The third-order valence-corrected chi connectivity index (χ3v) is 8.34. The number of aromatic nitrogens is 5. The third kappa shape index (κ3) is 3.76. The SMILES string of the molecule is c1ccc(-c2cc(-c3ccccc3)cc(-n3c4cccnc4c4nc5c6ccccc6n(-c6ccccc6)c5nc43)c2)cc1. The molecule has 4 heterocycles. The smallest absolute Gasteiger partial charge is 0.168 e. The van der Waals surface area contributed by atoms with Crippen molar-refractivity contribution in [1.82, 2.24) is 24.1 Å². The Hall–Kier alpha value is -6.07. The van der Waals surface area contributed by atoms with Crippen molar-refractivity contribution in [2.75, 3.05) is 0 Å². The van der Waals surface area contributed by atoms with Gasteiger partial charge in [0.05, 0.1) is 11.0 Å². The second kappa shape index (κ2) is 9.75. The van der Waals surface area contributed by atoms with Crippen molar-refractivity contribution in [3.05, 3.63) is 152 Å². The van der Waals surface area contributed by atoms with Crippen LogP contribution in [0.4, 0.5) is 0 Å². The maximum absolute atomic E-state index is 5.43. The first-order valence-electron chi connectivity index (χ1n) is 14.7. The second-order valence-electron chi connectivity index (χ2n) is 11.0. The van der Waals surface area contributed by atoms with Crippen LogP contribution >= 0.6 is 0 Å². The van der Waals surface area contributed by atoms with Crippen LogP contribution in [-0.4, -0.2) is 24.1 Å². The molecule has 5 nitrogen and oxygen atoms in total. The molecule has 0 atom stereocenters. The Balaban J connectivity index is 1.41. The summed E-state index contributed by atoms with van der Waals surface area (Å²) in [5.74, 6) is 0. The first kappa shape index (κ1) is 24.5. The standard InChI is InChI=1S/C39H25N5/c1-4-13-26(14-5-1)28-23-29(27-15-6-2-7-16-27)25-31(24-28)44-34-21-12-22-40-36(34)37-39(44)42-38-35(41-37)32-19-10-11-20-33(32)43(38)30-17-8-3-9-18-30/h1-25H. The minimum atomic E-state index is 0.774. The van der Waals surface area contributed by atoms with Crippen molar-refractivity contribution in [1.29, 1.82) is 0 Å². The predicted molar refractivity (Wildman–Crippen MR) is 179 cm³/mol. The Morgan fingerprint density at radius 3 is 1.66 bits per heavy atom. The average Bonchev–Trinajstić information content (AvgIpc) is 3.60. The Morgan fingerprint density at radius 2 is 0.955 bits per heavy atom. The number of nitrogens with zero attached hydrogens (tertiary/aromatic N) is 5. The fraction of sp³-hybridized carbons (Fsp3) is 0. The van der Waals surface area contributed by atoms with Crippen molar-refractivity contribution < 1.29 is 0 Å². The zero-order valence-corrected chi connectivity index (χ0v) is 23.7. The largest absolute Gasteiger partial charge is 0.292 e. The van der Waals surface area contributed by atoms with Gasteiger partial charge in [0.15, 0.2) is 11.3 Å². The molecular formula is C39H25N5. The van der Waals surface area contributed by atoms with Crippen LogP contribution in [-0.2, 0) is 0 Å². The molecule has 5 aromatic carbocycles. The van der Waals surface area contributed by atoms with E-state index in [1.165, 1.54) is 0 Å². The highest BCUT2D eigenvalue weighted by atomic mass is 15.1. The molecule has 9 aromatic rings. The Labute approximate surface area is 253 Å². The quantitative estimate of drug-likeness (QED) is 0.214. The molecule has 0 spiro atoms. The van der Waals surface area contributed by atoms with Gasteiger partial charge in [0, 0.05) is 23.0 Å². The fourth-order valence-corrected chi connectivity index (χ4v) is 6.36. The van der Waals surface area contributed by atoms with E-state index in [9.17, 15) is 0 Å². The van der Waals surface area contributed by atoms with Crippen molar-refractivity contribution in [2.24, 2.45) is 0 Å². The highest BCUT2D eigenvalue weighted by Gasteiger charge is 2.22. The van der Waals surface area contributed by atoms with Crippen LogP contribution in [0.2, 0.25) is 0 Å². The molecule has 4 aromatic heterocycles. The van der Waals surface area contributed by atoms with E-state index < -0.39 is 0 Å². The molecule has 206 valence electrons. The number of hydrogen-bond donors (Lipinski definition) is 0. The minimum absolute atomic E-state index is 0.774. The van der Waals surface area contributed by atoms with E-state index in [1.807, 2.05) is 18.3 Å². The van der Waals surface area contributed by atoms with Gasteiger partial charge in [-0.2, -0.15) is 0 Å². The molecule has 0 saturated heterocycles. The summed E-state index contributed by atoms with van der Waals surface area (Å²) < 4.78 is 4.43. The zero-order valence-electron chi connectivity index (χ0n) is 23.7. The number of fused-ring (bicyclic) bond motifs is 6. The van der Waals surface area contributed by atoms with Gasteiger partial charge in [-0.1, -0.05) is 97.1 Å². The van der Waals surface area contributed by atoms with Gasteiger partial charge in [-0.15, -0.1) is 0 Å². The Morgan fingerprint density at radius 1 is 0.386 bits per heavy atom. The van der Waals surface area contributed by atoms with E-state index >= 15 is 0 Å². The van der Waals surface area contributed by atoms with Gasteiger partial charge in [0.1, 0.15) is 16.6 Å². The molecule has 0 N–H and O–H groups in total. The normalized spacial score (nSPS) is 11.6. The lowest BCUT2D eigenvalue weighted by atomic mass is 9.98. The lowest BCUT2D eigenvalue weighted by molar-refractivity contribution is 1.10. The summed E-state index contributed by atoms with van der Waals surface area (Å²) in [5, 5.41) is 1.06. The number of pyridine rings is 1. The van der Waals surface area contributed by atoms with Crippen molar-refractivity contribution in [3.63, 3.8) is 0 Å². The molecule has 44 heavy (non-hydrogen) atoms. The predicted octanol–water partition coefficient (Wildman–Crippen LogP) is 9.40. The molecule has 0 aliphatic rings. The van der Waals surface area contributed by atoms with Crippen LogP contribution in [0.3, 0.4) is 0 Å². The van der Waals surface area contributed by atoms with Gasteiger partial charge < -0.3 is 0 Å². The second-order valence-corrected chi connectivity index (χ2v) is 11.0. The molecular weight excluding hydrogens is 538 g/mol. The highest BCUT2D eigenvalue weighted by Crippen LogP contribution is 2.37. The van der Waals surface area contributed by atoms with E-state index in [1.54, 1.807) is 0 Å². The molecule has 9 rings (SSSR count). The molecule has 5 heteroatoms. The van der Waals surface area contributed by atoms with Crippen LogP contribution in [0, 0.1) is 0 Å². The van der Waals surface area contributed by atoms with Crippen LogP contribution < -0.4 is 0 Å². The lowest BCUT2D eigenvalue weighted by Gasteiger charge is -2.13.